The molecule has 1 saturated heterocycles. The summed E-state index contributed by atoms with van der Waals surface area (Å²) in [7, 11) is 1.86. The van der Waals surface area contributed by atoms with Crippen molar-refractivity contribution in [2.45, 2.75) is 31.3 Å². The normalized spacial score (nSPS) is 20.5. The standard InChI is InChI=1S/C17H24N6O2/c1-22-14(6-10-21-22)4-5-15(24)20-12-17(25)7-2-11-23(13-17)16-18-8-3-9-19-16/h3,6,8-10,25H,2,4-5,7,11-13H2,1H3,(H,20,24)/t17-/m1/s1. The summed E-state index contributed by atoms with van der Waals surface area (Å²) in [6.07, 6.45) is 7.59. The molecule has 8 nitrogen and oxygen atoms in total. The fraction of sp³-hybridized carbons (Fsp3) is 0.529. The topological polar surface area (TPSA) is 96.2 Å². The number of nitrogens with zero attached hydrogens (tertiary/aromatic N) is 5. The van der Waals surface area contributed by atoms with Crippen molar-refractivity contribution in [3.8, 4) is 0 Å². The Morgan fingerprint density at radius 1 is 1.36 bits per heavy atom. The molecule has 134 valence electrons. The van der Waals surface area contributed by atoms with Crippen molar-refractivity contribution in [3.05, 3.63) is 36.4 Å². The lowest BCUT2D eigenvalue weighted by Gasteiger charge is -2.39. The predicted molar refractivity (Wildman–Crippen MR) is 93.0 cm³/mol. The number of amides is 1. The molecule has 3 heterocycles. The van der Waals surface area contributed by atoms with Gasteiger partial charge < -0.3 is 15.3 Å². The van der Waals surface area contributed by atoms with Crippen molar-refractivity contribution < 1.29 is 9.90 Å². The second-order valence-electron chi connectivity index (χ2n) is 6.52. The van der Waals surface area contributed by atoms with E-state index in [0.717, 1.165) is 18.7 Å². The summed E-state index contributed by atoms with van der Waals surface area (Å²) in [5, 5.41) is 17.8. The van der Waals surface area contributed by atoms with Gasteiger partial charge in [-0.2, -0.15) is 5.10 Å². The first-order valence-corrected chi connectivity index (χ1v) is 8.54. The van der Waals surface area contributed by atoms with E-state index in [1.165, 1.54) is 0 Å². The Kier molecular flexibility index (Phi) is 5.28. The van der Waals surface area contributed by atoms with Crippen LogP contribution in [0.4, 0.5) is 5.95 Å². The number of β-amino-alcohol motifs (C(OH)–C–C–N with tert-alkyl or cyclic N) is 1. The molecule has 0 spiro atoms. The Hall–Kier alpha value is -2.48. The van der Waals surface area contributed by atoms with Crippen molar-refractivity contribution in [1.29, 1.82) is 0 Å². The quantitative estimate of drug-likeness (QED) is 0.782. The van der Waals surface area contributed by atoms with Gasteiger partial charge in [-0.3, -0.25) is 9.48 Å². The molecule has 1 aliphatic heterocycles. The van der Waals surface area contributed by atoms with Crippen LogP contribution in [0.3, 0.4) is 0 Å². The number of piperidine rings is 1. The molecule has 2 aromatic heterocycles. The van der Waals surface area contributed by atoms with E-state index in [1.54, 1.807) is 29.3 Å². The summed E-state index contributed by atoms with van der Waals surface area (Å²) in [5.74, 6) is 0.547. The van der Waals surface area contributed by atoms with Gasteiger partial charge in [-0.05, 0) is 31.4 Å². The van der Waals surface area contributed by atoms with Crippen LogP contribution >= 0.6 is 0 Å². The molecule has 0 aromatic carbocycles. The van der Waals surface area contributed by atoms with Crippen molar-refractivity contribution in [1.82, 2.24) is 25.1 Å². The number of carbonyl (C=O) groups excluding carboxylic acids is 1. The van der Waals surface area contributed by atoms with E-state index >= 15 is 0 Å². The molecule has 0 unspecified atom stereocenters. The summed E-state index contributed by atoms with van der Waals surface area (Å²) >= 11 is 0. The summed E-state index contributed by atoms with van der Waals surface area (Å²) < 4.78 is 1.76. The highest BCUT2D eigenvalue weighted by molar-refractivity contribution is 5.76. The van der Waals surface area contributed by atoms with Crippen LogP contribution in [0, 0.1) is 0 Å². The number of carbonyl (C=O) groups is 1. The lowest BCUT2D eigenvalue weighted by Crippen LogP contribution is -2.54. The number of aromatic nitrogens is 4. The van der Waals surface area contributed by atoms with E-state index in [1.807, 2.05) is 18.0 Å². The van der Waals surface area contributed by atoms with E-state index in [2.05, 4.69) is 20.4 Å². The zero-order valence-corrected chi connectivity index (χ0v) is 14.4. The summed E-state index contributed by atoms with van der Waals surface area (Å²) in [6.45, 7) is 1.46. The highest BCUT2D eigenvalue weighted by Gasteiger charge is 2.34. The van der Waals surface area contributed by atoms with Crippen molar-refractivity contribution in [2.24, 2.45) is 7.05 Å². The monoisotopic (exact) mass is 344 g/mol. The fourth-order valence-corrected chi connectivity index (χ4v) is 3.12. The van der Waals surface area contributed by atoms with E-state index < -0.39 is 5.60 Å². The van der Waals surface area contributed by atoms with Crippen LogP contribution in [-0.2, 0) is 18.3 Å². The van der Waals surface area contributed by atoms with E-state index in [-0.39, 0.29) is 12.5 Å². The minimum Gasteiger partial charge on any atom is -0.386 e. The molecule has 2 aromatic rings. The molecule has 3 rings (SSSR count). The van der Waals surface area contributed by atoms with Crippen LogP contribution in [0.15, 0.2) is 30.7 Å². The summed E-state index contributed by atoms with van der Waals surface area (Å²) in [6, 6.07) is 3.67. The van der Waals surface area contributed by atoms with Gasteiger partial charge in [0.2, 0.25) is 11.9 Å². The van der Waals surface area contributed by atoms with Gasteiger partial charge in [-0.15, -0.1) is 0 Å². The third-order valence-corrected chi connectivity index (χ3v) is 4.54. The molecule has 25 heavy (non-hydrogen) atoms. The van der Waals surface area contributed by atoms with Gasteiger partial charge in [0.1, 0.15) is 0 Å². The fourth-order valence-electron chi connectivity index (χ4n) is 3.12. The number of anilines is 1. The zero-order chi connectivity index (χ0) is 17.7. The molecular formula is C17H24N6O2. The molecule has 1 aliphatic rings. The largest absolute Gasteiger partial charge is 0.386 e. The van der Waals surface area contributed by atoms with Crippen LogP contribution in [-0.4, -0.2) is 56.0 Å². The SMILES string of the molecule is Cn1nccc1CCC(=O)NC[C@]1(O)CCCN(c2ncccn2)C1. The van der Waals surface area contributed by atoms with Gasteiger partial charge in [0.15, 0.2) is 0 Å². The second-order valence-corrected chi connectivity index (χ2v) is 6.52. The number of hydrogen-bond donors (Lipinski definition) is 2. The van der Waals surface area contributed by atoms with Crippen LogP contribution in [0.25, 0.3) is 0 Å². The number of nitrogens with one attached hydrogen (secondary N) is 1. The van der Waals surface area contributed by atoms with Crippen LogP contribution < -0.4 is 10.2 Å². The van der Waals surface area contributed by atoms with Crippen molar-refractivity contribution >= 4 is 11.9 Å². The van der Waals surface area contributed by atoms with Crippen molar-refractivity contribution in [2.75, 3.05) is 24.5 Å². The Morgan fingerprint density at radius 3 is 2.88 bits per heavy atom. The molecule has 8 heteroatoms. The molecule has 1 atom stereocenters. The Morgan fingerprint density at radius 2 is 2.16 bits per heavy atom. The zero-order valence-electron chi connectivity index (χ0n) is 14.4. The van der Waals surface area contributed by atoms with E-state index in [0.29, 0.717) is 31.8 Å². The van der Waals surface area contributed by atoms with E-state index in [4.69, 9.17) is 0 Å². The average molecular weight is 344 g/mol. The maximum Gasteiger partial charge on any atom is 0.225 e. The molecule has 0 saturated carbocycles. The van der Waals surface area contributed by atoms with Crippen LogP contribution in [0.2, 0.25) is 0 Å². The first kappa shape index (κ1) is 17.3. The minimum absolute atomic E-state index is 0.0669. The number of aryl methyl sites for hydroxylation is 2. The lowest BCUT2D eigenvalue weighted by molar-refractivity contribution is -0.122. The highest BCUT2D eigenvalue weighted by atomic mass is 16.3. The average Bonchev–Trinajstić information content (AvgIpc) is 3.04. The van der Waals surface area contributed by atoms with Gasteiger partial charge in [-0.1, -0.05) is 0 Å². The number of aliphatic hydroxyl groups is 1. The Bertz CT molecular complexity index is 704. The van der Waals surface area contributed by atoms with Gasteiger partial charge in [0, 0.05) is 50.8 Å². The maximum atomic E-state index is 12.1. The summed E-state index contributed by atoms with van der Waals surface area (Å²) in [5.41, 5.74) is 0.0542. The first-order chi connectivity index (χ1) is 12.1. The maximum absolute atomic E-state index is 12.1. The second kappa shape index (κ2) is 7.60. The minimum atomic E-state index is -0.959. The molecule has 0 bridgehead atoms. The Balaban J connectivity index is 1.49. The highest BCUT2D eigenvalue weighted by Crippen LogP contribution is 2.23. The third-order valence-electron chi connectivity index (χ3n) is 4.54. The van der Waals surface area contributed by atoms with Crippen LogP contribution in [0.1, 0.15) is 25.0 Å². The molecular weight excluding hydrogens is 320 g/mol. The molecule has 1 amide bonds. The summed E-state index contributed by atoms with van der Waals surface area (Å²) in [4.78, 5) is 22.5. The molecule has 0 aliphatic carbocycles. The van der Waals surface area contributed by atoms with Gasteiger partial charge in [-0.25, -0.2) is 9.97 Å². The smallest absolute Gasteiger partial charge is 0.225 e. The predicted octanol–water partition coefficient (Wildman–Crippen LogP) is 0.290. The number of hydrogen-bond acceptors (Lipinski definition) is 6. The molecule has 0 radical (unpaired) electrons. The Labute approximate surface area is 146 Å². The molecule has 1 fully saturated rings. The van der Waals surface area contributed by atoms with Gasteiger partial charge >= 0.3 is 0 Å². The van der Waals surface area contributed by atoms with Crippen molar-refractivity contribution in [3.63, 3.8) is 0 Å². The van der Waals surface area contributed by atoms with Crippen LogP contribution in [0.5, 0.6) is 0 Å². The molecule has 2 N–H and O–H groups in total. The van der Waals surface area contributed by atoms with E-state index in [9.17, 15) is 9.90 Å². The lowest BCUT2D eigenvalue weighted by atomic mass is 9.93. The first-order valence-electron chi connectivity index (χ1n) is 8.54. The van der Waals surface area contributed by atoms with Gasteiger partial charge in [0.05, 0.1) is 12.1 Å². The van der Waals surface area contributed by atoms with Gasteiger partial charge in [0.25, 0.3) is 0 Å². The third kappa shape index (κ3) is 4.54. The number of rotatable bonds is 6.